The highest BCUT2D eigenvalue weighted by atomic mass is 15.1. The van der Waals surface area contributed by atoms with Crippen molar-refractivity contribution in [1.82, 2.24) is 10.2 Å². The van der Waals surface area contributed by atoms with Crippen LogP contribution in [0.25, 0.3) is 4.85 Å². The summed E-state index contributed by atoms with van der Waals surface area (Å²) in [7, 11) is 0. The van der Waals surface area contributed by atoms with E-state index in [1.165, 1.54) is 0 Å². The molecule has 52 valence electrons. The fraction of sp³-hybridized carbons (Fsp3) is 0.429. The summed E-state index contributed by atoms with van der Waals surface area (Å²) in [6.45, 7) is 10.8. The topological polar surface area (TPSA) is 33.0 Å². The Hall–Kier alpha value is -1.30. The minimum absolute atomic E-state index is 0.353. The highest BCUT2D eigenvalue weighted by Gasteiger charge is 2.06. The number of nitrogens with one attached hydrogen (secondary N) is 1. The summed E-state index contributed by atoms with van der Waals surface area (Å²) in [6.07, 6.45) is 1.56. The monoisotopic (exact) mass is 135 g/mol. The van der Waals surface area contributed by atoms with E-state index in [1.807, 2.05) is 13.8 Å². The molecule has 0 fully saturated rings. The second kappa shape index (κ2) is 2.53. The van der Waals surface area contributed by atoms with Crippen LogP contribution in [-0.2, 0) is 0 Å². The van der Waals surface area contributed by atoms with Crippen molar-refractivity contribution >= 4 is 5.69 Å². The molecule has 1 aromatic heterocycles. The molecule has 0 aliphatic carbocycles. The normalized spacial score (nSPS) is 9.80. The van der Waals surface area contributed by atoms with E-state index in [1.54, 1.807) is 6.20 Å². The Balaban J connectivity index is 3.05. The number of hydrogen-bond donors (Lipinski definition) is 1. The van der Waals surface area contributed by atoms with Crippen LogP contribution in [0.15, 0.2) is 6.20 Å². The zero-order valence-corrected chi connectivity index (χ0v) is 6.05. The molecule has 1 aromatic rings. The van der Waals surface area contributed by atoms with Crippen LogP contribution in [0.5, 0.6) is 0 Å². The van der Waals surface area contributed by atoms with Gasteiger partial charge in [0.25, 0.3) is 0 Å². The molecule has 0 bridgehead atoms. The Labute approximate surface area is 59.9 Å². The van der Waals surface area contributed by atoms with Crippen LogP contribution in [0.4, 0.5) is 5.69 Å². The van der Waals surface area contributed by atoms with Crippen LogP contribution in [0.3, 0.4) is 0 Å². The van der Waals surface area contributed by atoms with E-state index in [-0.39, 0.29) is 0 Å². The van der Waals surface area contributed by atoms with Crippen molar-refractivity contribution < 1.29 is 0 Å². The molecule has 1 N–H and O–H groups in total. The summed E-state index contributed by atoms with van der Waals surface area (Å²) >= 11 is 0. The van der Waals surface area contributed by atoms with Gasteiger partial charge in [0.2, 0.25) is 5.69 Å². The summed E-state index contributed by atoms with van der Waals surface area (Å²) in [5.41, 5.74) is 1.56. The Kier molecular flexibility index (Phi) is 1.72. The molecule has 0 radical (unpaired) electrons. The van der Waals surface area contributed by atoms with Gasteiger partial charge in [0.15, 0.2) is 0 Å². The second-order valence-electron chi connectivity index (χ2n) is 2.44. The number of aromatic nitrogens is 2. The van der Waals surface area contributed by atoms with Gasteiger partial charge in [0.1, 0.15) is 0 Å². The molecule has 10 heavy (non-hydrogen) atoms. The number of hydrogen-bond acceptors (Lipinski definition) is 1. The summed E-state index contributed by atoms with van der Waals surface area (Å²) in [5, 5.41) is 6.57. The van der Waals surface area contributed by atoms with Crippen molar-refractivity contribution in [1.29, 1.82) is 0 Å². The van der Waals surface area contributed by atoms with Crippen LogP contribution < -0.4 is 0 Å². The third-order valence-corrected chi connectivity index (χ3v) is 1.35. The molecule has 3 nitrogen and oxygen atoms in total. The molecule has 0 atom stereocenters. The van der Waals surface area contributed by atoms with Gasteiger partial charge in [0, 0.05) is 5.69 Å². The van der Waals surface area contributed by atoms with Gasteiger partial charge in [-0.05, 0) is 5.92 Å². The van der Waals surface area contributed by atoms with Crippen LogP contribution in [0, 0.1) is 6.57 Å². The first-order valence-electron chi connectivity index (χ1n) is 3.16. The highest BCUT2D eigenvalue weighted by molar-refractivity contribution is 5.48. The van der Waals surface area contributed by atoms with E-state index in [2.05, 4.69) is 15.0 Å². The van der Waals surface area contributed by atoms with E-state index in [0.717, 1.165) is 5.69 Å². The first kappa shape index (κ1) is 6.81. The van der Waals surface area contributed by atoms with Crippen molar-refractivity contribution in [3.8, 4) is 0 Å². The van der Waals surface area contributed by atoms with Gasteiger partial charge in [0.05, 0.1) is 12.8 Å². The quantitative estimate of drug-likeness (QED) is 0.587. The van der Waals surface area contributed by atoms with Gasteiger partial charge < -0.3 is 0 Å². The van der Waals surface area contributed by atoms with E-state index in [9.17, 15) is 0 Å². The lowest BCUT2D eigenvalue weighted by atomic mass is 10.1. The maximum absolute atomic E-state index is 6.76. The van der Waals surface area contributed by atoms with Crippen molar-refractivity contribution in [2.24, 2.45) is 0 Å². The zero-order chi connectivity index (χ0) is 7.56. The molecule has 0 spiro atoms. The lowest BCUT2D eigenvalue weighted by Crippen LogP contribution is -1.86. The lowest BCUT2D eigenvalue weighted by Gasteiger charge is -1.98. The fourth-order valence-corrected chi connectivity index (χ4v) is 0.804. The van der Waals surface area contributed by atoms with Gasteiger partial charge >= 0.3 is 0 Å². The van der Waals surface area contributed by atoms with Gasteiger partial charge in [-0.2, -0.15) is 5.10 Å². The Morgan fingerprint density at radius 2 is 2.40 bits per heavy atom. The maximum atomic E-state index is 6.76. The van der Waals surface area contributed by atoms with E-state index < -0.39 is 0 Å². The molecule has 0 amide bonds. The summed E-state index contributed by atoms with van der Waals surface area (Å²) in [6, 6.07) is 0. The molecule has 1 rings (SSSR count). The first-order valence-corrected chi connectivity index (χ1v) is 3.16. The third-order valence-electron chi connectivity index (χ3n) is 1.35. The van der Waals surface area contributed by atoms with Crippen LogP contribution in [0.2, 0.25) is 0 Å². The zero-order valence-electron chi connectivity index (χ0n) is 6.05. The standard InChI is InChI=1S/C7H9N3/c1-5(2)7-6(8-3)4-9-10-7/h4-5H,1-2H3,(H,9,10). The van der Waals surface area contributed by atoms with E-state index in [4.69, 9.17) is 6.57 Å². The van der Waals surface area contributed by atoms with Crippen molar-refractivity contribution in [3.63, 3.8) is 0 Å². The molecule has 0 saturated carbocycles. The second-order valence-corrected chi connectivity index (χ2v) is 2.44. The van der Waals surface area contributed by atoms with Gasteiger partial charge in [-0.15, -0.1) is 0 Å². The first-order chi connectivity index (χ1) is 4.75. The molecular weight excluding hydrogens is 126 g/mol. The molecule has 0 unspecified atom stereocenters. The number of nitrogens with zero attached hydrogens (tertiary/aromatic N) is 2. The average molecular weight is 135 g/mol. The number of H-pyrrole nitrogens is 1. The van der Waals surface area contributed by atoms with Crippen LogP contribution >= 0.6 is 0 Å². The van der Waals surface area contributed by atoms with Crippen molar-refractivity contribution in [2.45, 2.75) is 19.8 Å². The smallest absolute Gasteiger partial charge is 0.227 e. The fourth-order valence-electron chi connectivity index (χ4n) is 0.804. The largest absolute Gasteiger partial charge is 0.294 e. The maximum Gasteiger partial charge on any atom is 0.227 e. The number of aromatic amines is 1. The number of rotatable bonds is 1. The van der Waals surface area contributed by atoms with Crippen LogP contribution in [0.1, 0.15) is 25.5 Å². The predicted octanol–water partition coefficient (Wildman–Crippen LogP) is 2.08. The minimum atomic E-state index is 0.353. The molecule has 1 heterocycles. The molecular formula is C7H9N3. The van der Waals surface area contributed by atoms with Gasteiger partial charge in [-0.3, -0.25) is 5.10 Å². The molecule has 0 saturated heterocycles. The summed E-state index contributed by atoms with van der Waals surface area (Å²) in [5.74, 6) is 0.353. The molecule has 3 heteroatoms. The highest BCUT2D eigenvalue weighted by Crippen LogP contribution is 2.22. The Bertz CT molecular complexity index is 254. The van der Waals surface area contributed by atoms with Crippen molar-refractivity contribution in [2.75, 3.05) is 0 Å². The van der Waals surface area contributed by atoms with E-state index >= 15 is 0 Å². The summed E-state index contributed by atoms with van der Waals surface area (Å²) in [4.78, 5) is 3.31. The Morgan fingerprint density at radius 1 is 1.70 bits per heavy atom. The molecule has 0 aliphatic heterocycles. The molecule has 0 aromatic carbocycles. The SMILES string of the molecule is [C-]#[N+]c1cn[nH]c1C(C)C. The lowest BCUT2D eigenvalue weighted by molar-refractivity contribution is 0.813. The van der Waals surface area contributed by atoms with Gasteiger partial charge in [-0.1, -0.05) is 13.8 Å². The summed E-state index contributed by atoms with van der Waals surface area (Å²) < 4.78 is 0. The van der Waals surface area contributed by atoms with Crippen LogP contribution in [-0.4, -0.2) is 10.2 Å². The Morgan fingerprint density at radius 3 is 2.80 bits per heavy atom. The predicted molar refractivity (Wildman–Crippen MR) is 38.9 cm³/mol. The van der Waals surface area contributed by atoms with E-state index in [0.29, 0.717) is 11.6 Å². The minimum Gasteiger partial charge on any atom is -0.294 e. The van der Waals surface area contributed by atoms with Crippen molar-refractivity contribution in [3.05, 3.63) is 23.3 Å². The average Bonchev–Trinajstić information content (AvgIpc) is 2.33. The van der Waals surface area contributed by atoms with Gasteiger partial charge in [-0.25, -0.2) is 4.85 Å². The molecule has 0 aliphatic rings. The third kappa shape index (κ3) is 1.01.